The molecule has 2 rings (SSSR count). The first-order chi connectivity index (χ1) is 9.86. The molecule has 6 heteroatoms. The van der Waals surface area contributed by atoms with Crippen molar-refractivity contribution in [3.05, 3.63) is 0 Å². The molecule has 0 radical (unpaired) electrons. The molecular weight excluding hydrogens is 272 g/mol. The fraction of sp³-hybridized carbons (Fsp3) is 0.800. The van der Waals surface area contributed by atoms with Gasteiger partial charge < -0.3 is 10.1 Å². The predicted octanol–water partition coefficient (Wildman–Crippen LogP) is 0.559. The summed E-state index contributed by atoms with van der Waals surface area (Å²) < 4.78 is 5.01. The summed E-state index contributed by atoms with van der Waals surface area (Å²) >= 11 is 0. The van der Waals surface area contributed by atoms with Crippen LogP contribution in [0.3, 0.4) is 0 Å². The molecule has 2 amide bonds. The number of hydrogen-bond donors (Lipinski definition) is 1. The Morgan fingerprint density at radius 1 is 1.29 bits per heavy atom. The van der Waals surface area contributed by atoms with Crippen LogP contribution in [0.1, 0.15) is 34.1 Å². The van der Waals surface area contributed by atoms with Crippen LogP contribution in [0.2, 0.25) is 0 Å². The zero-order valence-electron chi connectivity index (χ0n) is 13.1. The normalized spacial score (nSPS) is 27.5. The molecule has 1 aliphatic heterocycles. The van der Waals surface area contributed by atoms with Crippen LogP contribution in [0.25, 0.3) is 0 Å². The molecule has 1 N–H and O–H groups in total. The maximum absolute atomic E-state index is 12.3. The van der Waals surface area contributed by atoms with E-state index in [1.54, 1.807) is 6.92 Å². The highest BCUT2D eigenvalue weighted by Gasteiger charge is 2.72. The monoisotopic (exact) mass is 296 g/mol. The first-order valence-electron chi connectivity index (χ1n) is 7.61. The molecule has 0 aromatic rings. The van der Waals surface area contributed by atoms with Crippen LogP contribution in [0.4, 0.5) is 0 Å². The molecule has 118 valence electrons. The number of carbonyl (C=O) groups is 3. The Bertz CT molecular complexity index is 437. The molecule has 0 bridgehead atoms. The van der Waals surface area contributed by atoms with Crippen molar-refractivity contribution in [2.24, 2.45) is 17.3 Å². The van der Waals surface area contributed by atoms with E-state index < -0.39 is 12.0 Å². The molecule has 2 aliphatic rings. The SMILES string of the molecule is CCCNC(CN1C(=O)C2C(C1=O)C2(C)C)C(=O)OCC. The van der Waals surface area contributed by atoms with Crippen molar-refractivity contribution in [1.29, 1.82) is 0 Å². The van der Waals surface area contributed by atoms with E-state index in [0.717, 1.165) is 6.42 Å². The molecule has 1 saturated carbocycles. The minimum atomic E-state index is -0.640. The minimum Gasteiger partial charge on any atom is -0.465 e. The number of ether oxygens (including phenoxy) is 1. The van der Waals surface area contributed by atoms with Crippen molar-refractivity contribution in [2.45, 2.75) is 40.2 Å². The van der Waals surface area contributed by atoms with Gasteiger partial charge in [-0.2, -0.15) is 0 Å². The molecule has 1 heterocycles. The number of nitrogens with one attached hydrogen (secondary N) is 1. The maximum atomic E-state index is 12.3. The number of fused-ring (bicyclic) bond motifs is 1. The highest BCUT2D eigenvalue weighted by atomic mass is 16.5. The molecule has 1 saturated heterocycles. The second kappa shape index (κ2) is 5.75. The van der Waals surface area contributed by atoms with Gasteiger partial charge in [-0.15, -0.1) is 0 Å². The number of imide groups is 1. The number of amides is 2. The Labute approximate surface area is 125 Å². The lowest BCUT2D eigenvalue weighted by Gasteiger charge is -2.25. The third-order valence-corrected chi connectivity index (χ3v) is 4.47. The number of nitrogens with zero attached hydrogens (tertiary/aromatic N) is 1. The second-order valence-corrected chi connectivity index (χ2v) is 6.32. The highest BCUT2D eigenvalue weighted by molar-refractivity contribution is 6.10. The summed E-state index contributed by atoms with van der Waals surface area (Å²) in [5.74, 6) is -1.13. The minimum absolute atomic E-state index is 0.0690. The molecule has 0 aromatic heterocycles. The first kappa shape index (κ1) is 15.9. The Hall–Kier alpha value is -1.43. The van der Waals surface area contributed by atoms with Gasteiger partial charge in [-0.25, -0.2) is 0 Å². The number of carbonyl (C=O) groups excluding carboxylic acids is 3. The summed E-state index contributed by atoms with van der Waals surface area (Å²) in [5, 5.41) is 3.05. The Balaban J connectivity index is 2.02. The fourth-order valence-electron chi connectivity index (χ4n) is 3.15. The quantitative estimate of drug-likeness (QED) is 0.549. The molecule has 0 spiro atoms. The summed E-state index contributed by atoms with van der Waals surface area (Å²) in [7, 11) is 0. The zero-order chi connectivity index (χ0) is 15.8. The van der Waals surface area contributed by atoms with Crippen LogP contribution in [0, 0.1) is 17.3 Å². The molecule has 2 fully saturated rings. The van der Waals surface area contributed by atoms with E-state index in [4.69, 9.17) is 4.74 Å². The lowest BCUT2D eigenvalue weighted by atomic mass is 10.1. The Morgan fingerprint density at radius 2 is 1.86 bits per heavy atom. The topological polar surface area (TPSA) is 75.7 Å². The third-order valence-electron chi connectivity index (χ3n) is 4.47. The molecule has 3 unspecified atom stereocenters. The van der Waals surface area contributed by atoms with Crippen molar-refractivity contribution < 1.29 is 19.1 Å². The Morgan fingerprint density at radius 3 is 2.33 bits per heavy atom. The predicted molar refractivity (Wildman–Crippen MR) is 76.2 cm³/mol. The highest BCUT2D eigenvalue weighted by Crippen LogP contribution is 2.63. The van der Waals surface area contributed by atoms with Crippen molar-refractivity contribution in [1.82, 2.24) is 10.2 Å². The lowest BCUT2D eigenvalue weighted by Crippen LogP contribution is -2.50. The van der Waals surface area contributed by atoms with Gasteiger partial charge in [-0.3, -0.25) is 19.3 Å². The van der Waals surface area contributed by atoms with E-state index in [-0.39, 0.29) is 42.2 Å². The van der Waals surface area contributed by atoms with Crippen molar-refractivity contribution >= 4 is 17.8 Å². The Kier molecular flexibility index (Phi) is 4.37. The average molecular weight is 296 g/mol. The van der Waals surface area contributed by atoms with E-state index in [1.807, 2.05) is 20.8 Å². The molecule has 21 heavy (non-hydrogen) atoms. The van der Waals surface area contributed by atoms with Gasteiger partial charge in [-0.05, 0) is 25.3 Å². The molecular formula is C15H24N2O4. The number of likely N-dealkylation sites (tertiary alicyclic amines) is 1. The summed E-state index contributed by atoms with van der Waals surface area (Å²) in [6.07, 6.45) is 0.857. The first-order valence-corrected chi connectivity index (χ1v) is 7.61. The molecule has 3 atom stereocenters. The van der Waals surface area contributed by atoms with Gasteiger partial charge in [0.1, 0.15) is 6.04 Å². The van der Waals surface area contributed by atoms with Gasteiger partial charge in [0.2, 0.25) is 11.8 Å². The average Bonchev–Trinajstić information content (AvgIpc) is 2.89. The van der Waals surface area contributed by atoms with Crippen LogP contribution >= 0.6 is 0 Å². The van der Waals surface area contributed by atoms with Crippen molar-refractivity contribution in [3.8, 4) is 0 Å². The standard InChI is InChI=1S/C15H24N2O4/c1-5-7-16-9(14(20)21-6-2)8-17-12(18)10-11(13(17)19)15(10,3)4/h9-11,16H,5-8H2,1-4H3. The summed E-state index contributed by atoms with van der Waals surface area (Å²) in [4.78, 5) is 37.7. The van der Waals surface area contributed by atoms with Gasteiger partial charge in [0.05, 0.1) is 25.0 Å². The number of rotatable bonds is 7. The van der Waals surface area contributed by atoms with Crippen LogP contribution in [0.15, 0.2) is 0 Å². The van der Waals surface area contributed by atoms with Crippen LogP contribution < -0.4 is 5.32 Å². The van der Waals surface area contributed by atoms with E-state index in [9.17, 15) is 14.4 Å². The van der Waals surface area contributed by atoms with Crippen LogP contribution in [-0.4, -0.2) is 48.4 Å². The van der Waals surface area contributed by atoms with E-state index in [0.29, 0.717) is 6.54 Å². The largest absolute Gasteiger partial charge is 0.465 e. The number of hydrogen-bond acceptors (Lipinski definition) is 5. The van der Waals surface area contributed by atoms with Gasteiger partial charge >= 0.3 is 5.97 Å². The summed E-state index contributed by atoms with van der Waals surface area (Å²) in [5.41, 5.74) is -0.221. The number of piperidine rings is 1. The fourth-order valence-corrected chi connectivity index (χ4v) is 3.15. The van der Waals surface area contributed by atoms with Gasteiger partial charge in [-0.1, -0.05) is 20.8 Å². The van der Waals surface area contributed by atoms with E-state index in [2.05, 4.69) is 5.32 Å². The van der Waals surface area contributed by atoms with Gasteiger partial charge in [0, 0.05) is 0 Å². The second-order valence-electron chi connectivity index (χ2n) is 6.32. The maximum Gasteiger partial charge on any atom is 0.324 e. The van der Waals surface area contributed by atoms with Crippen LogP contribution in [-0.2, 0) is 19.1 Å². The van der Waals surface area contributed by atoms with Gasteiger partial charge in [0.25, 0.3) is 0 Å². The zero-order valence-corrected chi connectivity index (χ0v) is 13.1. The van der Waals surface area contributed by atoms with Crippen molar-refractivity contribution in [2.75, 3.05) is 19.7 Å². The number of esters is 1. The third kappa shape index (κ3) is 2.69. The lowest BCUT2D eigenvalue weighted by molar-refractivity contribution is -0.149. The summed E-state index contributed by atoms with van der Waals surface area (Å²) in [6, 6.07) is -0.640. The molecule has 0 aromatic carbocycles. The van der Waals surface area contributed by atoms with Crippen LogP contribution in [0.5, 0.6) is 0 Å². The molecule has 1 aliphatic carbocycles. The molecule has 6 nitrogen and oxygen atoms in total. The smallest absolute Gasteiger partial charge is 0.324 e. The summed E-state index contributed by atoms with van der Waals surface area (Å²) in [6.45, 7) is 8.58. The van der Waals surface area contributed by atoms with E-state index >= 15 is 0 Å². The van der Waals surface area contributed by atoms with Crippen molar-refractivity contribution in [3.63, 3.8) is 0 Å². The van der Waals surface area contributed by atoms with Gasteiger partial charge in [0.15, 0.2) is 0 Å². The van der Waals surface area contributed by atoms with E-state index in [1.165, 1.54) is 4.90 Å².